The maximum atomic E-state index is 5.28. The van der Waals surface area contributed by atoms with Gasteiger partial charge in [0.05, 0.1) is 6.61 Å². The minimum absolute atomic E-state index is 0.663. The summed E-state index contributed by atoms with van der Waals surface area (Å²) in [7, 11) is 1.80. The summed E-state index contributed by atoms with van der Waals surface area (Å²) >= 11 is 0. The van der Waals surface area contributed by atoms with E-state index in [1.807, 2.05) is 0 Å². The highest BCUT2D eigenvalue weighted by Crippen LogP contribution is 2.27. The van der Waals surface area contributed by atoms with E-state index in [9.17, 15) is 0 Å². The molecule has 0 radical (unpaired) electrons. The molecule has 1 unspecified atom stereocenters. The van der Waals surface area contributed by atoms with Gasteiger partial charge in [0.1, 0.15) is 0 Å². The van der Waals surface area contributed by atoms with E-state index in [1.165, 1.54) is 45.2 Å². The summed E-state index contributed by atoms with van der Waals surface area (Å²) in [6.45, 7) is 12.2. The van der Waals surface area contributed by atoms with Crippen LogP contribution in [0, 0.1) is 11.8 Å². The highest BCUT2D eigenvalue weighted by molar-refractivity contribution is 4.82. The molecule has 1 N–H and O–H groups in total. The van der Waals surface area contributed by atoms with Gasteiger partial charge in [-0.05, 0) is 31.2 Å². The van der Waals surface area contributed by atoms with Crippen LogP contribution in [-0.2, 0) is 4.74 Å². The number of nitrogens with one attached hydrogen (secondary N) is 1. The van der Waals surface area contributed by atoms with Crippen LogP contribution >= 0.6 is 0 Å². The van der Waals surface area contributed by atoms with Crippen LogP contribution in [0.3, 0.4) is 0 Å². The van der Waals surface area contributed by atoms with Crippen LogP contribution in [0.2, 0.25) is 0 Å². The fourth-order valence-corrected chi connectivity index (χ4v) is 3.45. The molecule has 0 aromatic rings. The average Bonchev–Trinajstić information content (AvgIpc) is 2.44. The fourth-order valence-electron chi connectivity index (χ4n) is 3.45. The molecular weight excluding hydrogens is 248 g/mol. The van der Waals surface area contributed by atoms with Gasteiger partial charge in [0.15, 0.2) is 0 Å². The molecule has 0 heterocycles. The normalized spacial score (nSPS) is 18.9. The molecule has 0 aromatic carbocycles. The standard InChI is InChI=1S/C17H36N2O/c1-5-18-17(16-9-7-6-8-10-16)14-19(11-12-20-4)13-15(2)3/h15-18H,5-14H2,1-4H3. The topological polar surface area (TPSA) is 24.5 Å². The summed E-state index contributed by atoms with van der Waals surface area (Å²) in [5, 5.41) is 3.75. The van der Waals surface area contributed by atoms with Crippen molar-refractivity contribution in [2.75, 3.05) is 39.9 Å². The van der Waals surface area contributed by atoms with E-state index in [-0.39, 0.29) is 0 Å². The molecule has 0 aliphatic heterocycles. The Bertz CT molecular complexity index is 227. The summed E-state index contributed by atoms with van der Waals surface area (Å²) < 4.78 is 5.28. The first kappa shape index (κ1) is 17.9. The van der Waals surface area contributed by atoms with Crippen LogP contribution in [0.4, 0.5) is 0 Å². The van der Waals surface area contributed by atoms with Gasteiger partial charge in [-0.1, -0.05) is 40.0 Å². The van der Waals surface area contributed by atoms with Crippen molar-refractivity contribution in [1.29, 1.82) is 0 Å². The summed E-state index contributed by atoms with van der Waals surface area (Å²) in [4.78, 5) is 2.59. The Hall–Kier alpha value is -0.120. The van der Waals surface area contributed by atoms with E-state index in [4.69, 9.17) is 4.74 Å². The number of ether oxygens (including phenoxy) is 1. The average molecular weight is 284 g/mol. The summed E-state index contributed by atoms with van der Waals surface area (Å²) in [6.07, 6.45) is 7.12. The molecule has 1 aliphatic rings. The first-order valence-corrected chi connectivity index (χ1v) is 8.62. The fraction of sp³-hybridized carbons (Fsp3) is 1.00. The quantitative estimate of drug-likeness (QED) is 0.667. The Kier molecular flexibility index (Phi) is 9.49. The Morgan fingerprint density at radius 1 is 1.15 bits per heavy atom. The SMILES string of the molecule is CCNC(CN(CCOC)CC(C)C)C1CCCCC1. The number of methoxy groups -OCH3 is 1. The van der Waals surface area contributed by atoms with Gasteiger partial charge in [0.25, 0.3) is 0 Å². The number of rotatable bonds is 10. The minimum atomic E-state index is 0.663. The van der Waals surface area contributed by atoms with Crippen molar-refractivity contribution in [3.63, 3.8) is 0 Å². The van der Waals surface area contributed by atoms with E-state index < -0.39 is 0 Å². The van der Waals surface area contributed by atoms with Crippen LogP contribution in [-0.4, -0.2) is 50.8 Å². The van der Waals surface area contributed by atoms with Gasteiger partial charge in [-0.3, -0.25) is 4.90 Å². The van der Waals surface area contributed by atoms with Crippen molar-refractivity contribution >= 4 is 0 Å². The zero-order valence-corrected chi connectivity index (χ0v) is 14.2. The smallest absolute Gasteiger partial charge is 0.0589 e. The number of hydrogen-bond donors (Lipinski definition) is 1. The molecule has 1 aliphatic carbocycles. The van der Waals surface area contributed by atoms with Gasteiger partial charge in [-0.15, -0.1) is 0 Å². The van der Waals surface area contributed by atoms with Gasteiger partial charge >= 0.3 is 0 Å². The van der Waals surface area contributed by atoms with Gasteiger partial charge in [0, 0.05) is 32.8 Å². The molecular formula is C17H36N2O. The van der Waals surface area contributed by atoms with Gasteiger partial charge in [-0.2, -0.15) is 0 Å². The molecule has 0 amide bonds. The number of nitrogens with zero attached hydrogens (tertiary/aromatic N) is 1. The molecule has 1 saturated carbocycles. The first-order chi connectivity index (χ1) is 9.67. The molecule has 1 fully saturated rings. The number of hydrogen-bond acceptors (Lipinski definition) is 3. The van der Waals surface area contributed by atoms with Crippen molar-refractivity contribution in [1.82, 2.24) is 10.2 Å². The molecule has 3 nitrogen and oxygen atoms in total. The lowest BCUT2D eigenvalue weighted by Crippen LogP contribution is -2.47. The summed E-state index contributed by atoms with van der Waals surface area (Å²) in [5.41, 5.74) is 0. The second-order valence-electron chi connectivity index (χ2n) is 6.71. The van der Waals surface area contributed by atoms with Gasteiger partial charge < -0.3 is 10.1 Å². The lowest BCUT2D eigenvalue weighted by atomic mass is 9.83. The minimum Gasteiger partial charge on any atom is -0.383 e. The van der Waals surface area contributed by atoms with E-state index in [0.29, 0.717) is 6.04 Å². The second kappa shape index (κ2) is 10.6. The third-order valence-corrected chi connectivity index (χ3v) is 4.38. The molecule has 1 atom stereocenters. The van der Waals surface area contributed by atoms with Crippen LogP contribution < -0.4 is 5.32 Å². The van der Waals surface area contributed by atoms with E-state index in [1.54, 1.807) is 7.11 Å². The third-order valence-electron chi connectivity index (χ3n) is 4.38. The Morgan fingerprint density at radius 2 is 1.85 bits per heavy atom. The maximum absolute atomic E-state index is 5.28. The van der Waals surface area contributed by atoms with Crippen LogP contribution in [0.5, 0.6) is 0 Å². The largest absolute Gasteiger partial charge is 0.383 e. The highest BCUT2D eigenvalue weighted by Gasteiger charge is 2.25. The Morgan fingerprint density at radius 3 is 2.40 bits per heavy atom. The first-order valence-electron chi connectivity index (χ1n) is 8.62. The molecule has 0 spiro atoms. The van der Waals surface area contributed by atoms with Crippen molar-refractivity contribution in [2.24, 2.45) is 11.8 Å². The molecule has 20 heavy (non-hydrogen) atoms. The molecule has 120 valence electrons. The van der Waals surface area contributed by atoms with E-state index in [0.717, 1.165) is 31.5 Å². The van der Waals surface area contributed by atoms with Gasteiger partial charge in [-0.25, -0.2) is 0 Å². The third kappa shape index (κ3) is 7.05. The van der Waals surface area contributed by atoms with Crippen LogP contribution in [0.15, 0.2) is 0 Å². The Balaban J connectivity index is 2.53. The van der Waals surface area contributed by atoms with Crippen molar-refractivity contribution in [3.8, 4) is 0 Å². The van der Waals surface area contributed by atoms with Crippen LogP contribution in [0.25, 0.3) is 0 Å². The predicted molar refractivity (Wildman–Crippen MR) is 87.2 cm³/mol. The van der Waals surface area contributed by atoms with Crippen molar-refractivity contribution in [3.05, 3.63) is 0 Å². The van der Waals surface area contributed by atoms with E-state index in [2.05, 4.69) is 31.0 Å². The lowest BCUT2D eigenvalue weighted by molar-refractivity contribution is 0.119. The van der Waals surface area contributed by atoms with E-state index >= 15 is 0 Å². The zero-order valence-electron chi connectivity index (χ0n) is 14.2. The highest BCUT2D eigenvalue weighted by atomic mass is 16.5. The summed E-state index contributed by atoms with van der Waals surface area (Å²) in [6, 6.07) is 0.663. The van der Waals surface area contributed by atoms with Gasteiger partial charge in [0.2, 0.25) is 0 Å². The Labute approximate surface area is 126 Å². The van der Waals surface area contributed by atoms with Crippen molar-refractivity contribution < 1.29 is 4.74 Å². The maximum Gasteiger partial charge on any atom is 0.0589 e. The molecule has 0 aromatic heterocycles. The molecule has 1 rings (SSSR count). The van der Waals surface area contributed by atoms with Crippen LogP contribution in [0.1, 0.15) is 52.9 Å². The number of likely N-dealkylation sites (N-methyl/N-ethyl adjacent to an activating group) is 1. The molecule has 0 saturated heterocycles. The summed E-state index contributed by atoms with van der Waals surface area (Å²) in [5.74, 6) is 1.60. The molecule has 3 heteroatoms. The predicted octanol–water partition coefficient (Wildman–Crippen LogP) is 3.15. The lowest BCUT2D eigenvalue weighted by Gasteiger charge is -2.35. The second-order valence-corrected chi connectivity index (χ2v) is 6.71. The molecule has 0 bridgehead atoms. The zero-order chi connectivity index (χ0) is 14.8. The van der Waals surface area contributed by atoms with Crippen molar-refractivity contribution in [2.45, 2.75) is 58.9 Å². The monoisotopic (exact) mass is 284 g/mol.